The lowest BCUT2D eigenvalue weighted by Gasteiger charge is -2.24. The molecule has 2 aliphatic rings. The highest BCUT2D eigenvalue weighted by Gasteiger charge is 2.53. The number of aliphatic hydroxyl groups is 1. The second-order valence-corrected chi connectivity index (χ2v) is 8.30. The Morgan fingerprint density at radius 1 is 1.35 bits per heavy atom. The first-order chi connectivity index (χ1) is 10.8. The van der Waals surface area contributed by atoms with Gasteiger partial charge in [-0.25, -0.2) is 9.97 Å². The van der Waals surface area contributed by atoms with Gasteiger partial charge in [-0.1, -0.05) is 11.8 Å². The molecule has 2 N–H and O–H groups in total. The predicted molar refractivity (Wildman–Crippen MR) is 97.7 cm³/mol. The molecule has 4 atom stereocenters. The van der Waals surface area contributed by atoms with Gasteiger partial charge in [-0.2, -0.15) is 0 Å². The molecule has 3 rings (SSSR count). The van der Waals surface area contributed by atoms with E-state index in [1.807, 2.05) is 27.0 Å². The largest absolute Gasteiger partial charge is 0.396 e. The van der Waals surface area contributed by atoms with Crippen molar-refractivity contribution in [2.75, 3.05) is 18.2 Å². The zero-order chi connectivity index (χ0) is 16.8. The quantitative estimate of drug-likeness (QED) is 0.414. The van der Waals surface area contributed by atoms with E-state index in [1.165, 1.54) is 11.8 Å². The third-order valence-corrected chi connectivity index (χ3v) is 6.16. The molecule has 1 aliphatic carbocycles. The van der Waals surface area contributed by atoms with Crippen molar-refractivity contribution >= 4 is 40.2 Å². The highest BCUT2D eigenvalue weighted by molar-refractivity contribution is 14.1. The number of aryl methyl sites for hydroxylation is 1. The Bertz CT molecular complexity index is 602. The van der Waals surface area contributed by atoms with Gasteiger partial charge in [0.05, 0.1) is 21.4 Å². The second-order valence-electron chi connectivity index (χ2n) is 6.45. The molecule has 0 bridgehead atoms. The fourth-order valence-electron chi connectivity index (χ4n) is 3.30. The van der Waals surface area contributed by atoms with Gasteiger partial charge in [-0.05, 0) is 56.0 Å². The van der Waals surface area contributed by atoms with Crippen LogP contribution in [-0.4, -0.2) is 52.0 Å². The predicted octanol–water partition coefficient (Wildman–Crippen LogP) is 2.42. The number of fused-ring (bicyclic) bond motifs is 1. The summed E-state index contributed by atoms with van der Waals surface area (Å²) in [7, 11) is 0. The van der Waals surface area contributed by atoms with Crippen molar-refractivity contribution in [2.45, 2.75) is 56.4 Å². The summed E-state index contributed by atoms with van der Waals surface area (Å²) in [6.45, 7) is 5.93. The van der Waals surface area contributed by atoms with Gasteiger partial charge in [-0.3, -0.25) is 0 Å². The van der Waals surface area contributed by atoms with Crippen molar-refractivity contribution in [1.29, 1.82) is 0 Å². The molecule has 1 aliphatic heterocycles. The number of nitrogens with one attached hydrogen (secondary N) is 1. The van der Waals surface area contributed by atoms with Gasteiger partial charge in [0.25, 0.3) is 0 Å². The number of aliphatic hydroxyl groups excluding tert-OH is 1. The smallest absolute Gasteiger partial charge is 0.189 e. The molecular formula is C15H22IN3O3S. The average molecular weight is 451 g/mol. The summed E-state index contributed by atoms with van der Waals surface area (Å²) in [6, 6.07) is 0.0662. The number of ether oxygens (including phenoxy) is 2. The average Bonchev–Trinajstić information content (AvgIpc) is 2.97. The van der Waals surface area contributed by atoms with Crippen molar-refractivity contribution in [1.82, 2.24) is 9.97 Å². The lowest BCUT2D eigenvalue weighted by atomic mass is 10.1. The number of aromatic nitrogens is 2. The van der Waals surface area contributed by atoms with E-state index < -0.39 is 5.79 Å². The van der Waals surface area contributed by atoms with Crippen molar-refractivity contribution in [3.05, 3.63) is 9.26 Å². The molecule has 1 saturated carbocycles. The van der Waals surface area contributed by atoms with Crippen LogP contribution < -0.4 is 5.32 Å². The van der Waals surface area contributed by atoms with Gasteiger partial charge in [-0.15, -0.1) is 0 Å². The minimum absolute atomic E-state index is 0.0662. The van der Waals surface area contributed by atoms with Crippen LogP contribution in [0.2, 0.25) is 0 Å². The summed E-state index contributed by atoms with van der Waals surface area (Å²) in [5.41, 5.74) is 0.963. The van der Waals surface area contributed by atoms with Crippen LogP contribution >= 0.6 is 34.4 Å². The normalized spacial score (nSPS) is 32.1. The topological polar surface area (TPSA) is 76.5 Å². The highest BCUT2D eigenvalue weighted by atomic mass is 127. The summed E-state index contributed by atoms with van der Waals surface area (Å²) >= 11 is 3.79. The van der Waals surface area contributed by atoms with Crippen molar-refractivity contribution < 1.29 is 14.6 Å². The number of halogens is 1. The third kappa shape index (κ3) is 3.46. The molecule has 8 heteroatoms. The molecule has 0 amide bonds. The Morgan fingerprint density at radius 2 is 2.04 bits per heavy atom. The third-order valence-electron chi connectivity index (χ3n) is 4.32. The van der Waals surface area contributed by atoms with Crippen molar-refractivity contribution in [2.24, 2.45) is 5.92 Å². The summed E-state index contributed by atoms with van der Waals surface area (Å²) in [5.74, 6) is 0.306. The first kappa shape index (κ1) is 17.7. The van der Waals surface area contributed by atoms with Crippen LogP contribution in [0.1, 0.15) is 26.0 Å². The minimum atomic E-state index is -0.609. The number of anilines is 1. The molecule has 128 valence electrons. The van der Waals surface area contributed by atoms with E-state index in [-0.39, 0.29) is 30.8 Å². The fraction of sp³-hybridized carbons (Fsp3) is 0.733. The summed E-state index contributed by atoms with van der Waals surface area (Å²) in [5, 5.41) is 13.9. The molecule has 1 aromatic rings. The van der Waals surface area contributed by atoms with Crippen LogP contribution in [0.5, 0.6) is 0 Å². The van der Waals surface area contributed by atoms with E-state index in [4.69, 9.17) is 9.47 Å². The zero-order valence-corrected chi connectivity index (χ0v) is 16.6. The molecule has 0 radical (unpaired) electrons. The Labute approximate surface area is 154 Å². The van der Waals surface area contributed by atoms with Gasteiger partial charge in [0, 0.05) is 12.5 Å². The molecule has 2 heterocycles. The Morgan fingerprint density at radius 3 is 2.70 bits per heavy atom. The van der Waals surface area contributed by atoms with Crippen LogP contribution in [0.4, 0.5) is 5.82 Å². The van der Waals surface area contributed by atoms with E-state index in [9.17, 15) is 5.11 Å². The van der Waals surface area contributed by atoms with E-state index in [1.54, 1.807) is 0 Å². The van der Waals surface area contributed by atoms with E-state index >= 15 is 0 Å². The Balaban J connectivity index is 1.84. The Hall–Kier alpha value is -0.160. The molecule has 0 aromatic carbocycles. The Kier molecular flexibility index (Phi) is 5.09. The molecular weight excluding hydrogens is 429 g/mol. The number of hydrogen-bond donors (Lipinski definition) is 2. The van der Waals surface area contributed by atoms with E-state index in [0.29, 0.717) is 0 Å². The molecule has 1 saturated heterocycles. The monoisotopic (exact) mass is 451 g/mol. The molecule has 1 aromatic heterocycles. The maximum absolute atomic E-state index is 9.65. The maximum atomic E-state index is 9.65. The first-order valence-corrected chi connectivity index (χ1v) is 9.96. The molecule has 2 fully saturated rings. The summed E-state index contributed by atoms with van der Waals surface area (Å²) in [6.07, 6.45) is 2.62. The fourth-order valence-corrected chi connectivity index (χ4v) is 4.11. The summed E-state index contributed by atoms with van der Waals surface area (Å²) < 4.78 is 13.1. The number of hydrogen-bond acceptors (Lipinski definition) is 7. The standard InChI is InChI=1S/C15H22IN3O3S/c1-7-10(16)13(19-14(17-7)23-4)18-9-5-8(6-20)11-12(9)22-15(2,3)21-11/h8-9,11-12,20H,5-6H2,1-4H3,(H,17,18,19)/t8-,9-,11-,12+/m1/s1. The summed E-state index contributed by atoms with van der Waals surface area (Å²) in [4.78, 5) is 9.05. The minimum Gasteiger partial charge on any atom is -0.396 e. The van der Waals surface area contributed by atoms with Gasteiger partial charge in [0.15, 0.2) is 10.9 Å². The lowest BCUT2D eigenvalue weighted by molar-refractivity contribution is -0.158. The molecule has 23 heavy (non-hydrogen) atoms. The lowest BCUT2D eigenvalue weighted by Crippen LogP contribution is -2.35. The number of thioether (sulfide) groups is 1. The van der Waals surface area contributed by atoms with Gasteiger partial charge in [0.1, 0.15) is 11.9 Å². The molecule has 0 unspecified atom stereocenters. The van der Waals surface area contributed by atoms with Crippen molar-refractivity contribution in [3.8, 4) is 0 Å². The van der Waals surface area contributed by atoms with Crippen molar-refractivity contribution in [3.63, 3.8) is 0 Å². The van der Waals surface area contributed by atoms with E-state index in [0.717, 1.165) is 26.7 Å². The van der Waals surface area contributed by atoms with Gasteiger partial charge >= 0.3 is 0 Å². The van der Waals surface area contributed by atoms with Crippen LogP contribution in [0.3, 0.4) is 0 Å². The molecule has 6 nitrogen and oxygen atoms in total. The van der Waals surface area contributed by atoms with Crippen LogP contribution in [0, 0.1) is 16.4 Å². The zero-order valence-electron chi connectivity index (χ0n) is 13.7. The van der Waals surface area contributed by atoms with Crippen LogP contribution in [-0.2, 0) is 9.47 Å². The second kappa shape index (κ2) is 6.62. The van der Waals surface area contributed by atoms with Gasteiger partial charge < -0.3 is 19.9 Å². The van der Waals surface area contributed by atoms with E-state index in [2.05, 4.69) is 37.9 Å². The van der Waals surface area contributed by atoms with Crippen LogP contribution in [0.15, 0.2) is 5.16 Å². The highest BCUT2D eigenvalue weighted by Crippen LogP contribution is 2.42. The first-order valence-electron chi connectivity index (χ1n) is 7.66. The van der Waals surface area contributed by atoms with Gasteiger partial charge in [0.2, 0.25) is 0 Å². The number of nitrogens with zero attached hydrogens (tertiary/aromatic N) is 2. The van der Waals surface area contributed by atoms with Crippen LogP contribution in [0.25, 0.3) is 0 Å². The number of rotatable bonds is 4. The SMILES string of the molecule is CSc1nc(C)c(I)c(N[C@@H]2C[C@H](CO)[C@H]3OC(C)(C)O[C@H]32)n1. The molecule has 0 spiro atoms. The maximum Gasteiger partial charge on any atom is 0.189 e.